The van der Waals surface area contributed by atoms with Gasteiger partial charge in [0.1, 0.15) is 5.82 Å². The van der Waals surface area contributed by atoms with E-state index in [2.05, 4.69) is 37.3 Å². The Morgan fingerprint density at radius 2 is 1.64 bits per heavy atom. The molecule has 2 N–H and O–H groups in total. The summed E-state index contributed by atoms with van der Waals surface area (Å²) < 4.78 is 32.6. The minimum Gasteiger partial charge on any atom is -0.465 e. The monoisotopic (exact) mass is 393 g/mol. The van der Waals surface area contributed by atoms with Crippen molar-refractivity contribution in [2.24, 2.45) is 5.41 Å². The van der Waals surface area contributed by atoms with Crippen LogP contribution in [0.2, 0.25) is 0 Å². The van der Waals surface area contributed by atoms with E-state index in [-0.39, 0.29) is 11.3 Å². The number of carbonyl (C=O) groups excluding carboxylic acids is 1. The average molecular weight is 394 g/mol. The van der Waals surface area contributed by atoms with Crippen molar-refractivity contribution < 1.29 is 18.3 Å². The second-order valence-electron chi connectivity index (χ2n) is 8.34. The SMILES string of the molecule is COC(=O)c1cc(F)c(N)c(C#CCCCCCCCCCC(C)(C)C)c1F. The maximum absolute atomic E-state index is 14.4. The average Bonchev–Trinajstić information content (AvgIpc) is 2.63. The van der Waals surface area contributed by atoms with Crippen LogP contribution in [0.25, 0.3) is 0 Å². The van der Waals surface area contributed by atoms with Crippen LogP contribution < -0.4 is 5.73 Å². The van der Waals surface area contributed by atoms with E-state index in [9.17, 15) is 13.6 Å². The van der Waals surface area contributed by atoms with Crippen LogP contribution in [-0.4, -0.2) is 13.1 Å². The number of unbranched alkanes of at least 4 members (excludes halogenated alkanes) is 7. The highest BCUT2D eigenvalue weighted by Gasteiger charge is 2.20. The summed E-state index contributed by atoms with van der Waals surface area (Å²) in [6.07, 6.45) is 9.97. The lowest BCUT2D eigenvalue weighted by Crippen LogP contribution is -2.09. The number of carbonyl (C=O) groups is 1. The Morgan fingerprint density at radius 1 is 1.07 bits per heavy atom. The molecule has 1 aromatic rings. The molecule has 0 atom stereocenters. The van der Waals surface area contributed by atoms with Crippen LogP contribution in [0.15, 0.2) is 6.07 Å². The first-order valence-electron chi connectivity index (χ1n) is 10.0. The Hall–Kier alpha value is -2.09. The lowest BCUT2D eigenvalue weighted by atomic mass is 9.89. The van der Waals surface area contributed by atoms with Crippen molar-refractivity contribution in [1.29, 1.82) is 0 Å². The third-order valence-corrected chi connectivity index (χ3v) is 4.60. The molecule has 28 heavy (non-hydrogen) atoms. The zero-order valence-corrected chi connectivity index (χ0v) is 17.6. The number of esters is 1. The van der Waals surface area contributed by atoms with Crippen LogP contribution in [0.4, 0.5) is 14.5 Å². The molecule has 0 fully saturated rings. The summed E-state index contributed by atoms with van der Waals surface area (Å²) in [5, 5.41) is 0. The zero-order chi connectivity index (χ0) is 21.2. The highest BCUT2D eigenvalue weighted by Crippen LogP contribution is 2.24. The van der Waals surface area contributed by atoms with Gasteiger partial charge in [-0.2, -0.15) is 0 Å². The molecule has 1 rings (SSSR count). The summed E-state index contributed by atoms with van der Waals surface area (Å²) in [4.78, 5) is 11.5. The largest absolute Gasteiger partial charge is 0.465 e. The van der Waals surface area contributed by atoms with Gasteiger partial charge in [0.2, 0.25) is 0 Å². The summed E-state index contributed by atoms with van der Waals surface area (Å²) in [5.41, 5.74) is 4.83. The molecule has 0 aromatic heterocycles. The van der Waals surface area contributed by atoms with Gasteiger partial charge in [-0.1, -0.05) is 71.1 Å². The van der Waals surface area contributed by atoms with Crippen molar-refractivity contribution >= 4 is 11.7 Å². The smallest absolute Gasteiger partial charge is 0.341 e. The third kappa shape index (κ3) is 8.29. The Bertz CT molecular complexity index is 712. The number of nitrogen functional groups attached to an aromatic ring is 1. The molecule has 1 aromatic carbocycles. The van der Waals surface area contributed by atoms with Crippen molar-refractivity contribution in [1.82, 2.24) is 0 Å². The highest BCUT2D eigenvalue weighted by atomic mass is 19.1. The van der Waals surface area contributed by atoms with E-state index < -0.39 is 23.2 Å². The molecule has 0 bridgehead atoms. The van der Waals surface area contributed by atoms with Crippen LogP contribution >= 0.6 is 0 Å². The van der Waals surface area contributed by atoms with Gasteiger partial charge in [-0.25, -0.2) is 13.6 Å². The number of methoxy groups -OCH3 is 1. The van der Waals surface area contributed by atoms with E-state index in [4.69, 9.17) is 5.73 Å². The Morgan fingerprint density at radius 3 is 2.21 bits per heavy atom. The molecule has 0 aliphatic heterocycles. The van der Waals surface area contributed by atoms with E-state index in [1.807, 2.05) is 0 Å². The van der Waals surface area contributed by atoms with Crippen LogP contribution in [-0.2, 0) is 4.74 Å². The first-order chi connectivity index (χ1) is 13.2. The van der Waals surface area contributed by atoms with Crippen molar-refractivity contribution in [3.8, 4) is 11.8 Å². The number of anilines is 1. The number of hydrogen-bond donors (Lipinski definition) is 1. The molecule has 5 heteroatoms. The van der Waals surface area contributed by atoms with Gasteiger partial charge in [0.15, 0.2) is 5.82 Å². The van der Waals surface area contributed by atoms with E-state index in [1.165, 1.54) is 32.1 Å². The van der Waals surface area contributed by atoms with E-state index in [0.717, 1.165) is 32.4 Å². The predicted octanol–water partition coefficient (Wildman–Crippen LogP) is 6.24. The molecular weight excluding hydrogens is 360 g/mol. The summed E-state index contributed by atoms with van der Waals surface area (Å²) in [7, 11) is 1.10. The van der Waals surface area contributed by atoms with E-state index in [0.29, 0.717) is 11.8 Å². The normalized spacial score (nSPS) is 11.1. The van der Waals surface area contributed by atoms with Crippen LogP contribution in [0.1, 0.15) is 94.5 Å². The Labute approximate surface area is 168 Å². The zero-order valence-electron chi connectivity index (χ0n) is 17.6. The van der Waals surface area contributed by atoms with Gasteiger partial charge in [-0.3, -0.25) is 0 Å². The van der Waals surface area contributed by atoms with Gasteiger partial charge in [-0.05, 0) is 24.3 Å². The molecule has 3 nitrogen and oxygen atoms in total. The van der Waals surface area contributed by atoms with Gasteiger partial charge in [0.25, 0.3) is 0 Å². The number of ether oxygens (including phenoxy) is 1. The van der Waals surface area contributed by atoms with Crippen LogP contribution in [0.3, 0.4) is 0 Å². The molecule has 0 spiro atoms. The minimum absolute atomic E-state index is 0.278. The number of nitrogens with two attached hydrogens (primary N) is 1. The predicted molar refractivity (Wildman–Crippen MR) is 110 cm³/mol. The fraction of sp³-hybridized carbons (Fsp3) is 0.609. The van der Waals surface area contributed by atoms with Gasteiger partial charge in [-0.15, -0.1) is 0 Å². The fourth-order valence-electron chi connectivity index (χ4n) is 2.92. The third-order valence-electron chi connectivity index (χ3n) is 4.60. The molecule has 0 aliphatic rings. The maximum Gasteiger partial charge on any atom is 0.341 e. The standard InChI is InChI=1S/C23H33F2NO2/c1-23(2,3)15-13-11-9-7-5-6-8-10-12-14-17-20(25)18(22(27)28-4)16-19(24)21(17)26/h16H,5-11,13,15,26H2,1-4H3. The van der Waals surface area contributed by atoms with Crippen molar-refractivity contribution in [3.63, 3.8) is 0 Å². The topological polar surface area (TPSA) is 52.3 Å². The molecular formula is C23H33F2NO2. The molecule has 0 radical (unpaired) electrons. The van der Waals surface area contributed by atoms with Crippen molar-refractivity contribution in [3.05, 3.63) is 28.8 Å². The lowest BCUT2D eigenvalue weighted by molar-refractivity contribution is 0.0595. The van der Waals surface area contributed by atoms with Gasteiger partial charge >= 0.3 is 5.97 Å². The van der Waals surface area contributed by atoms with Crippen LogP contribution in [0.5, 0.6) is 0 Å². The molecule has 0 saturated heterocycles. The quantitative estimate of drug-likeness (QED) is 0.234. The van der Waals surface area contributed by atoms with Crippen molar-refractivity contribution in [2.45, 2.75) is 78.6 Å². The van der Waals surface area contributed by atoms with Gasteiger partial charge < -0.3 is 10.5 Å². The highest BCUT2D eigenvalue weighted by molar-refractivity contribution is 5.91. The van der Waals surface area contributed by atoms with Crippen molar-refractivity contribution in [2.75, 3.05) is 12.8 Å². The number of benzene rings is 1. The van der Waals surface area contributed by atoms with Crippen LogP contribution in [0, 0.1) is 28.9 Å². The summed E-state index contributed by atoms with van der Waals surface area (Å²) in [6.45, 7) is 6.81. The Kier molecular flexibility index (Phi) is 9.99. The number of hydrogen-bond acceptors (Lipinski definition) is 3. The Balaban J connectivity index is 2.40. The van der Waals surface area contributed by atoms with E-state index in [1.54, 1.807) is 0 Å². The summed E-state index contributed by atoms with van der Waals surface area (Å²) in [5.74, 6) is 2.64. The summed E-state index contributed by atoms with van der Waals surface area (Å²) >= 11 is 0. The lowest BCUT2D eigenvalue weighted by Gasteiger charge is -2.17. The number of halogens is 2. The van der Waals surface area contributed by atoms with Gasteiger partial charge in [0, 0.05) is 6.42 Å². The molecule has 0 aliphatic carbocycles. The number of rotatable bonds is 9. The first kappa shape index (κ1) is 23.9. The molecule has 0 heterocycles. The second kappa shape index (κ2) is 11.7. The maximum atomic E-state index is 14.4. The first-order valence-corrected chi connectivity index (χ1v) is 10.0. The summed E-state index contributed by atoms with van der Waals surface area (Å²) in [6, 6.07) is 0.739. The van der Waals surface area contributed by atoms with E-state index >= 15 is 0 Å². The molecule has 0 amide bonds. The second-order valence-corrected chi connectivity index (χ2v) is 8.34. The van der Waals surface area contributed by atoms with Gasteiger partial charge in [0.05, 0.1) is 23.9 Å². The molecule has 0 saturated carbocycles. The fourth-order valence-corrected chi connectivity index (χ4v) is 2.92. The molecule has 0 unspecified atom stereocenters. The molecule has 156 valence electrons. The minimum atomic E-state index is -0.957.